The number of fused-ring (bicyclic) bond motifs is 1. The van der Waals surface area contributed by atoms with Gasteiger partial charge in [0.25, 0.3) is 5.91 Å². The lowest BCUT2D eigenvalue weighted by atomic mass is 10.2. The maximum absolute atomic E-state index is 12.7. The molecule has 3 aromatic rings. The van der Waals surface area contributed by atoms with Crippen LogP contribution in [0.15, 0.2) is 42.6 Å². The molecule has 0 saturated carbocycles. The van der Waals surface area contributed by atoms with Gasteiger partial charge in [0.05, 0.1) is 12.3 Å². The van der Waals surface area contributed by atoms with Crippen LogP contribution in [0.4, 0.5) is 5.69 Å². The van der Waals surface area contributed by atoms with Crippen LogP contribution in [0.1, 0.15) is 35.9 Å². The molecular weight excluding hydrogens is 338 g/mol. The Labute approximate surface area is 151 Å². The van der Waals surface area contributed by atoms with Crippen LogP contribution in [0.25, 0.3) is 5.65 Å². The Morgan fingerprint density at radius 1 is 1.28 bits per heavy atom. The number of unbranched alkanes of at least 4 members (excludes halogenated alkanes) is 1. The van der Waals surface area contributed by atoms with Crippen molar-refractivity contribution in [3.8, 4) is 5.75 Å². The van der Waals surface area contributed by atoms with Crippen LogP contribution < -0.4 is 10.1 Å². The maximum atomic E-state index is 12.7. The van der Waals surface area contributed by atoms with Gasteiger partial charge in [0.2, 0.25) is 0 Å². The molecule has 0 atom stereocenters. The monoisotopic (exact) mass is 357 g/mol. The normalized spacial score (nSPS) is 10.8. The molecule has 0 aliphatic heterocycles. The number of hydrogen-bond acceptors (Lipinski definition) is 3. The second kappa shape index (κ2) is 7.57. The van der Waals surface area contributed by atoms with Crippen LogP contribution in [0.5, 0.6) is 5.75 Å². The first-order valence-corrected chi connectivity index (χ1v) is 8.64. The standard InChI is InChI=1S/C19H20ClN3O2/c1-3-4-11-25-16-7-5-15(6-8-16)22-19(24)18-13(2)21-17-12-14(20)9-10-23(17)18/h5-10,12H,3-4,11H2,1-2H3,(H,22,24). The van der Waals surface area contributed by atoms with E-state index in [4.69, 9.17) is 16.3 Å². The number of nitrogens with one attached hydrogen (secondary N) is 1. The third-order valence-corrected chi connectivity index (χ3v) is 4.09. The summed E-state index contributed by atoms with van der Waals surface area (Å²) in [5.74, 6) is 0.582. The van der Waals surface area contributed by atoms with E-state index < -0.39 is 0 Å². The molecule has 6 heteroatoms. The highest BCUT2D eigenvalue weighted by atomic mass is 35.5. The van der Waals surface area contributed by atoms with Gasteiger partial charge in [0.1, 0.15) is 17.1 Å². The third-order valence-electron chi connectivity index (χ3n) is 3.86. The van der Waals surface area contributed by atoms with Gasteiger partial charge in [-0.15, -0.1) is 0 Å². The lowest BCUT2D eigenvalue weighted by Gasteiger charge is -2.08. The second-order valence-corrected chi connectivity index (χ2v) is 6.24. The number of nitrogens with zero attached hydrogens (tertiary/aromatic N) is 2. The van der Waals surface area contributed by atoms with Crippen molar-refractivity contribution in [2.75, 3.05) is 11.9 Å². The summed E-state index contributed by atoms with van der Waals surface area (Å²) in [5.41, 5.74) is 2.50. The van der Waals surface area contributed by atoms with Gasteiger partial charge in [-0.05, 0) is 43.7 Å². The van der Waals surface area contributed by atoms with Crippen LogP contribution in [-0.4, -0.2) is 21.9 Å². The van der Waals surface area contributed by atoms with E-state index in [1.54, 1.807) is 29.7 Å². The van der Waals surface area contributed by atoms with Crippen LogP contribution in [-0.2, 0) is 0 Å². The summed E-state index contributed by atoms with van der Waals surface area (Å²) >= 11 is 5.98. The summed E-state index contributed by atoms with van der Waals surface area (Å²) < 4.78 is 7.36. The number of rotatable bonds is 6. The molecule has 1 aromatic carbocycles. The molecule has 2 aromatic heterocycles. The first-order chi connectivity index (χ1) is 12.1. The smallest absolute Gasteiger partial charge is 0.274 e. The minimum absolute atomic E-state index is 0.216. The van der Waals surface area contributed by atoms with Gasteiger partial charge in [-0.2, -0.15) is 0 Å². The molecule has 25 heavy (non-hydrogen) atoms. The Hall–Kier alpha value is -2.53. The summed E-state index contributed by atoms with van der Waals surface area (Å²) in [5, 5.41) is 3.48. The number of imidazole rings is 1. The average Bonchev–Trinajstić information content (AvgIpc) is 2.91. The minimum atomic E-state index is -0.216. The van der Waals surface area contributed by atoms with Gasteiger partial charge in [0.15, 0.2) is 0 Å². The quantitative estimate of drug-likeness (QED) is 0.649. The van der Waals surface area contributed by atoms with Crippen molar-refractivity contribution in [1.82, 2.24) is 9.38 Å². The van der Waals surface area contributed by atoms with Crippen molar-refractivity contribution in [3.63, 3.8) is 0 Å². The highest BCUT2D eigenvalue weighted by Gasteiger charge is 2.17. The summed E-state index contributed by atoms with van der Waals surface area (Å²) in [6.07, 6.45) is 3.87. The van der Waals surface area contributed by atoms with E-state index >= 15 is 0 Å². The van der Waals surface area contributed by atoms with E-state index in [2.05, 4.69) is 17.2 Å². The number of aryl methyl sites for hydroxylation is 1. The number of halogens is 1. The van der Waals surface area contributed by atoms with E-state index in [-0.39, 0.29) is 5.91 Å². The molecular formula is C19H20ClN3O2. The van der Waals surface area contributed by atoms with Gasteiger partial charge >= 0.3 is 0 Å². The molecule has 130 valence electrons. The number of aromatic nitrogens is 2. The number of carbonyl (C=O) groups excluding carboxylic acids is 1. The van der Waals surface area contributed by atoms with Crippen molar-refractivity contribution in [1.29, 1.82) is 0 Å². The maximum Gasteiger partial charge on any atom is 0.274 e. The molecule has 0 radical (unpaired) electrons. The number of pyridine rings is 1. The highest BCUT2D eigenvalue weighted by Crippen LogP contribution is 2.20. The second-order valence-electron chi connectivity index (χ2n) is 5.80. The van der Waals surface area contributed by atoms with E-state index in [0.29, 0.717) is 34.4 Å². The van der Waals surface area contributed by atoms with Crippen LogP contribution in [0, 0.1) is 6.92 Å². The van der Waals surface area contributed by atoms with Gasteiger partial charge in [0, 0.05) is 23.0 Å². The molecule has 0 bridgehead atoms. The van der Waals surface area contributed by atoms with Crippen molar-refractivity contribution < 1.29 is 9.53 Å². The number of benzene rings is 1. The zero-order chi connectivity index (χ0) is 17.8. The van der Waals surface area contributed by atoms with Gasteiger partial charge in [-0.3, -0.25) is 9.20 Å². The summed E-state index contributed by atoms with van der Waals surface area (Å²) in [6.45, 7) is 4.63. The zero-order valence-corrected chi connectivity index (χ0v) is 15.0. The minimum Gasteiger partial charge on any atom is -0.494 e. The SMILES string of the molecule is CCCCOc1ccc(NC(=O)c2c(C)nc3cc(Cl)ccn23)cc1. The molecule has 0 aliphatic carbocycles. The molecule has 1 N–H and O–H groups in total. The number of carbonyl (C=O) groups is 1. The summed E-state index contributed by atoms with van der Waals surface area (Å²) in [4.78, 5) is 17.0. The fraction of sp³-hybridized carbons (Fsp3) is 0.263. The van der Waals surface area contributed by atoms with Crippen molar-refractivity contribution >= 4 is 28.8 Å². The highest BCUT2D eigenvalue weighted by molar-refractivity contribution is 6.30. The molecule has 3 rings (SSSR count). The number of amides is 1. The van der Waals surface area contributed by atoms with Crippen LogP contribution >= 0.6 is 11.6 Å². The van der Waals surface area contributed by atoms with E-state index in [1.165, 1.54) is 0 Å². The Kier molecular flexibility index (Phi) is 5.24. The van der Waals surface area contributed by atoms with Crippen molar-refractivity contribution in [2.24, 2.45) is 0 Å². The third kappa shape index (κ3) is 3.94. The van der Waals surface area contributed by atoms with E-state index in [1.807, 2.05) is 24.3 Å². The van der Waals surface area contributed by atoms with Crippen molar-refractivity contribution in [3.05, 3.63) is 59.0 Å². The zero-order valence-electron chi connectivity index (χ0n) is 14.3. The molecule has 1 amide bonds. The topological polar surface area (TPSA) is 55.6 Å². The lowest BCUT2D eigenvalue weighted by Crippen LogP contribution is -2.15. The number of ether oxygens (including phenoxy) is 1. The molecule has 0 fully saturated rings. The van der Waals surface area contributed by atoms with Gasteiger partial charge in [-0.1, -0.05) is 24.9 Å². The predicted octanol–water partition coefficient (Wildman–Crippen LogP) is 4.73. The Morgan fingerprint density at radius 3 is 2.76 bits per heavy atom. The number of hydrogen-bond donors (Lipinski definition) is 1. The van der Waals surface area contributed by atoms with Crippen molar-refractivity contribution in [2.45, 2.75) is 26.7 Å². The fourth-order valence-corrected chi connectivity index (χ4v) is 2.72. The van der Waals surface area contributed by atoms with Gasteiger partial charge in [-0.25, -0.2) is 4.98 Å². The molecule has 0 spiro atoms. The van der Waals surface area contributed by atoms with Gasteiger partial charge < -0.3 is 10.1 Å². The van der Waals surface area contributed by atoms with E-state index in [9.17, 15) is 4.79 Å². The first kappa shape index (κ1) is 17.3. The molecule has 0 saturated heterocycles. The van der Waals surface area contributed by atoms with E-state index in [0.717, 1.165) is 18.6 Å². The Balaban J connectivity index is 1.75. The largest absolute Gasteiger partial charge is 0.494 e. The van der Waals surface area contributed by atoms with Crippen LogP contribution in [0.3, 0.4) is 0 Å². The Bertz CT molecular complexity index is 888. The lowest BCUT2D eigenvalue weighted by molar-refractivity contribution is 0.102. The average molecular weight is 358 g/mol. The molecule has 0 aliphatic rings. The summed E-state index contributed by atoms with van der Waals surface area (Å²) in [7, 11) is 0. The Morgan fingerprint density at radius 2 is 2.04 bits per heavy atom. The predicted molar refractivity (Wildman–Crippen MR) is 99.7 cm³/mol. The number of anilines is 1. The summed E-state index contributed by atoms with van der Waals surface area (Å²) in [6, 6.07) is 10.8. The molecule has 2 heterocycles. The fourth-order valence-electron chi connectivity index (χ4n) is 2.57. The van der Waals surface area contributed by atoms with Crippen LogP contribution in [0.2, 0.25) is 5.02 Å². The molecule has 0 unspecified atom stereocenters. The first-order valence-electron chi connectivity index (χ1n) is 8.27. The molecule has 5 nitrogen and oxygen atoms in total.